The van der Waals surface area contributed by atoms with Gasteiger partial charge < -0.3 is 0 Å². The Morgan fingerprint density at radius 3 is 2.50 bits per heavy atom. The minimum absolute atomic E-state index is 0.224. The van der Waals surface area contributed by atoms with Crippen molar-refractivity contribution in [1.29, 1.82) is 5.26 Å². The number of nitrogens with zero attached hydrogens (tertiary/aromatic N) is 1. The van der Waals surface area contributed by atoms with Crippen LogP contribution < -0.4 is 0 Å². The average Bonchev–Trinajstić information content (AvgIpc) is 2.43. The summed E-state index contributed by atoms with van der Waals surface area (Å²) < 4.78 is 0. The Kier molecular flexibility index (Phi) is 4.22. The summed E-state index contributed by atoms with van der Waals surface area (Å²) in [6, 6.07) is 14.4. The zero-order chi connectivity index (χ0) is 14.7. The first kappa shape index (κ1) is 14.3. The SMILES string of the molecule is Cc1ccc(C(C#N)C(=O)c2cccc(Cl)c2)cc1C. The summed E-state index contributed by atoms with van der Waals surface area (Å²) in [6.07, 6.45) is 0. The van der Waals surface area contributed by atoms with Crippen molar-refractivity contribution in [3.05, 3.63) is 69.7 Å². The highest BCUT2D eigenvalue weighted by Gasteiger charge is 2.22. The molecule has 3 heteroatoms. The number of carbonyl (C=O) groups excluding carboxylic acids is 1. The monoisotopic (exact) mass is 283 g/mol. The van der Waals surface area contributed by atoms with Crippen LogP contribution in [0.25, 0.3) is 0 Å². The molecule has 20 heavy (non-hydrogen) atoms. The number of halogens is 1. The summed E-state index contributed by atoms with van der Waals surface area (Å²) in [5, 5.41) is 9.83. The molecule has 1 unspecified atom stereocenters. The van der Waals surface area contributed by atoms with Crippen LogP contribution in [0.5, 0.6) is 0 Å². The minimum atomic E-state index is -0.798. The molecule has 0 fully saturated rings. The molecule has 0 saturated heterocycles. The van der Waals surface area contributed by atoms with Gasteiger partial charge in [0.05, 0.1) is 6.07 Å². The van der Waals surface area contributed by atoms with Gasteiger partial charge in [0.2, 0.25) is 0 Å². The van der Waals surface area contributed by atoms with Crippen LogP contribution in [0.2, 0.25) is 5.02 Å². The summed E-state index contributed by atoms with van der Waals surface area (Å²) >= 11 is 5.89. The standard InChI is InChI=1S/C17H14ClNO/c1-11-6-7-13(8-12(11)2)16(10-19)17(20)14-4-3-5-15(18)9-14/h3-9,16H,1-2H3. The van der Waals surface area contributed by atoms with Crippen molar-refractivity contribution in [3.63, 3.8) is 0 Å². The van der Waals surface area contributed by atoms with Crippen LogP contribution in [-0.4, -0.2) is 5.78 Å². The maximum absolute atomic E-state index is 12.4. The van der Waals surface area contributed by atoms with Gasteiger partial charge in [-0.15, -0.1) is 0 Å². The number of aryl methyl sites for hydroxylation is 2. The van der Waals surface area contributed by atoms with Gasteiger partial charge in [0, 0.05) is 10.6 Å². The van der Waals surface area contributed by atoms with Crippen molar-refractivity contribution >= 4 is 17.4 Å². The number of benzene rings is 2. The number of Topliss-reactive ketones (excluding diaryl/α,β-unsaturated/α-hetero) is 1. The van der Waals surface area contributed by atoms with Crippen LogP contribution in [0.4, 0.5) is 0 Å². The van der Waals surface area contributed by atoms with Gasteiger partial charge in [-0.1, -0.05) is 41.9 Å². The fourth-order valence-electron chi connectivity index (χ4n) is 2.04. The summed E-state index contributed by atoms with van der Waals surface area (Å²) in [5.41, 5.74) is 3.39. The van der Waals surface area contributed by atoms with E-state index in [1.807, 2.05) is 32.0 Å². The van der Waals surface area contributed by atoms with Gasteiger partial charge in [-0.3, -0.25) is 4.79 Å². The summed E-state index contributed by atoms with van der Waals surface area (Å²) in [6.45, 7) is 3.97. The maximum Gasteiger partial charge on any atom is 0.184 e. The number of rotatable bonds is 3. The summed E-state index contributed by atoms with van der Waals surface area (Å²) in [5.74, 6) is -1.02. The second kappa shape index (κ2) is 5.90. The second-order valence-corrected chi connectivity index (χ2v) is 5.22. The van der Waals surface area contributed by atoms with E-state index in [4.69, 9.17) is 11.6 Å². The molecule has 0 spiro atoms. The van der Waals surface area contributed by atoms with Gasteiger partial charge in [0.15, 0.2) is 5.78 Å². The smallest absolute Gasteiger partial charge is 0.184 e. The van der Waals surface area contributed by atoms with Crippen LogP contribution in [0, 0.1) is 25.2 Å². The van der Waals surface area contributed by atoms with Crippen LogP contribution in [0.15, 0.2) is 42.5 Å². The molecule has 2 nitrogen and oxygen atoms in total. The largest absolute Gasteiger partial charge is 0.292 e. The van der Waals surface area contributed by atoms with Crippen LogP contribution >= 0.6 is 11.6 Å². The Hall–Kier alpha value is -2.11. The molecule has 0 aliphatic carbocycles. The predicted octanol–water partition coefficient (Wildman–Crippen LogP) is 4.45. The summed E-state index contributed by atoms with van der Waals surface area (Å²) in [7, 11) is 0. The molecule has 2 aromatic carbocycles. The highest BCUT2D eigenvalue weighted by molar-refractivity contribution is 6.31. The zero-order valence-electron chi connectivity index (χ0n) is 11.4. The molecule has 1 atom stereocenters. The minimum Gasteiger partial charge on any atom is -0.292 e. The van der Waals surface area contributed by atoms with Gasteiger partial charge in [0.25, 0.3) is 0 Å². The molecule has 100 valence electrons. The van der Waals surface area contributed by atoms with E-state index >= 15 is 0 Å². The van der Waals surface area contributed by atoms with Crippen LogP contribution in [0.1, 0.15) is 33.0 Å². The lowest BCUT2D eigenvalue weighted by Crippen LogP contribution is -2.11. The highest BCUT2D eigenvalue weighted by Crippen LogP contribution is 2.24. The zero-order valence-corrected chi connectivity index (χ0v) is 12.1. The molecule has 0 bridgehead atoms. The lowest BCUT2D eigenvalue weighted by Gasteiger charge is -2.11. The van der Waals surface area contributed by atoms with E-state index in [0.29, 0.717) is 10.6 Å². The lowest BCUT2D eigenvalue weighted by atomic mass is 9.90. The Bertz CT molecular complexity index is 700. The number of carbonyl (C=O) groups is 1. The molecule has 0 radical (unpaired) electrons. The first-order chi connectivity index (χ1) is 9.52. The Labute approximate surface area is 123 Å². The molecule has 2 aromatic rings. The Morgan fingerprint density at radius 2 is 1.90 bits per heavy atom. The Morgan fingerprint density at radius 1 is 1.15 bits per heavy atom. The van der Waals surface area contributed by atoms with Gasteiger partial charge in [-0.25, -0.2) is 0 Å². The average molecular weight is 284 g/mol. The van der Waals surface area contributed by atoms with E-state index < -0.39 is 5.92 Å². The molecule has 0 N–H and O–H groups in total. The first-order valence-corrected chi connectivity index (χ1v) is 6.67. The van der Waals surface area contributed by atoms with E-state index in [-0.39, 0.29) is 5.78 Å². The van der Waals surface area contributed by atoms with Crippen molar-refractivity contribution < 1.29 is 4.79 Å². The van der Waals surface area contributed by atoms with E-state index in [1.165, 1.54) is 0 Å². The molecule has 0 aromatic heterocycles. The van der Waals surface area contributed by atoms with Crippen molar-refractivity contribution in [1.82, 2.24) is 0 Å². The molecule has 0 aliphatic rings. The summed E-state index contributed by atoms with van der Waals surface area (Å²) in [4.78, 5) is 12.4. The number of hydrogen-bond donors (Lipinski definition) is 0. The van der Waals surface area contributed by atoms with E-state index in [1.54, 1.807) is 24.3 Å². The normalized spacial score (nSPS) is 11.7. The third-order valence-corrected chi connectivity index (χ3v) is 3.60. The second-order valence-electron chi connectivity index (χ2n) is 4.78. The van der Waals surface area contributed by atoms with Gasteiger partial charge >= 0.3 is 0 Å². The number of ketones is 1. The Balaban J connectivity index is 2.40. The topological polar surface area (TPSA) is 40.9 Å². The van der Waals surface area contributed by atoms with Gasteiger partial charge in [0.1, 0.15) is 5.92 Å². The fourth-order valence-corrected chi connectivity index (χ4v) is 2.23. The van der Waals surface area contributed by atoms with E-state index in [2.05, 4.69) is 6.07 Å². The lowest BCUT2D eigenvalue weighted by molar-refractivity contribution is 0.0979. The molecule has 0 heterocycles. The van der Waals surface area contributed by atoms with E-state index in [0.717, 1.165) is 16.7 Å². The van der Waals surface area contributed by atoms with Gasteiger partial charge in [-0.05, 0) is 42.7 Å². The van der Waals surface area contributed by atoms with Crippen molar-refractivity contribution in [2.75, 3.05) is 0 Å². The third kappa shape index (κ3) is 2.89. The predicted molar refractivity (Wildman–Crippen MR) is 80.1 cm³/mol. The molecule has 0 aliphatic heterocycles. The van der Waals surface area contributed by atoms with Crippen LogP contribution in [0.3, 0.4) is 0 Å². The quantitative estimate of drug-likeness (QED) is 0.781. The highest BCUT2D eigenvalue weighted by atomic mass is 35.5. The fraction of sp³-hybridized carbons (Fsp3) is 0.176. The molecular formula is C17H14ClNO. The maximum atomic E-state index is 12.4. The van der Waals surface area contributed by atoms with Crippen molar-refractivity contribution in [3.8, 4) is 6.07 Å². The number of hydrogen-bond acceptors (Lipinski definition) is 2. The first-order valence-electron chi connectivity index (χ1n) is 6.29. The number of nitriles is 1. The van der Waals surface area contributed by atoms with Gasteiger partial charge in [-0.2, -0.15) is 5.26 Å². The van der Waals surface area contributed by atoms with Crippen molar-refractivity contribution in [2.24, 2.45) is 0 Å². The van der Waals surface area contributed by atoms with Crippen molar-refractivity contribution in [2.45, 2.75) is 19.8 Å². The van der Waals surface area contributed by atoms with E-state index in [9.17, 15) is 10.1 Å². The molecule has 0 saturated carbocycles. The molecule has 0 amide bonds. The van der Waals surface area contributed by atoms with Crippen LogP contribution in [-0.2, 0) is 0 Å². The molecular weight excluding hydrogens is 270 g/mol. The molecule has 2 rings (SSSR count). The third-order valence-electron chi connectivity index (χ3n) is 3.36.